The second-order valence-electron chi connectivity index (χ2n) is 4.30. The molecule has 3 rings (SSSR count). The molecule has 0 amide bonds. The average molecular weight is 293 g/mol. The number of hydrogen-bond donors (Lipinski definition) is 2. The Morgan fingerprint density at radius 1 is 0.947 bits per heavy atom. The number of aromatic nitrogens is 2. The Hall–Kier alpha value is -1.71. The minimum absolute atomic E-state index is 0.221. The summed E-state index contributed by atoms with van der Waals surface area (Å²) in [5, 5.41) is 0.348. The van der Waals surface area contributed by atoms with E-state index >= 15 is 0 Å². The van der Waals surface area contributed by atoms with Crippen molar-refractivity contribution in [2.24, 2.45) is 0 Å². The van der Waals surface area contributed by atoms with Gasteiger partial charge in [0.05, 0.1) is 16.4 Å². The molecule has 0 aliphatic rings. The van der Waals surface area contributed by atoms with Crippen LogP contribution in [0.2, 0.25) is 5.02 Å². The van der Waals surface area contributed by atoms with Gasteiger partial charge in [-0.05, 0) is 35.4 Å². The molecule has 0 bridgehead atoms. The van der Waals surface area contributed by atoms with Gasteiger partial charge < -0.3 is 9.97 Å². The van der Waals surface area contributed by atoms with Crippen molar-refractivity contribution < 1.29 is 0 Å². The average Bonchev–Trinajstić information content (AvgIpc) is 2.76. The summed E-state index contributed by atoms with van der Waals surface area (Å²) in [4.78, 5) is 16.6. The van der Waals surface area contributed by atoms with E-state index in [0.29, 0.717) is 5.02 Å². The number of imidazole rings is 1. The molecule has 1 aromatic heterocycles. The monoisotopic (exact) mass is 292 g/mol. The lowest BCUT2D eigenvalue weighted by atomic mass is 10.0. The summed E-state index contributed by atoms with van der Waals surface area (Å²) in [7, 11) is 0. The fraction of sp³-hybridized carbons (Fsp3) is 0.0714. The van der Waals surface area contributed by atoms with Crippen LogP contribution in [0.4, 0.5) is 0 Å². The van der Waals surface area contributed by atoms with Crippen molar-refractivity contribution in [1.82, 2.24) is 9.97 Å². The number of hydrogen-bond acceptors (Lipinski definition) is 1. The third kappa shape index (κ3) is 2.39. The summed E-state index contributed by atoms with van der Waals surface area (Å²) < 4.78 is 0. The Bertz CT molecular complexity index is 791. The molecule has 3 aromatic rings. The van der Waals surface area contributed by atoms with E-state index in [1.807, 2.05) is 42.5 Å². The summed E-state index contributed by atoms with van der Waals surface area (Å²) in [5.74, 6) is 0. The maximum absolute atomic E-state index is 11.2. The summed E-state index contributed by atoms with van der Waals surface area (Å²) in [5.41, 5.74) is 3.12. The van der Waals surface area contributed by atoms with Crippen LogP contribution in [0.15, 0.2) is 47.3 Å². The predicted octanol–water partition coefficient (Wildman–Crippen LogP) is 3.84. The van der Waals surface area contributed by atoms with Gasteiger partial charge in [0.2, 0.25) is 0 Å². The van der Waals surface area contributed by atoms with Crippen molar-refractivity contribution in [3.05, 3.63) is 69.1 Å². The van der Waals surface area contributed by atoms with Gasteiger partial charge in [-0.3, -0.25) is 0 Å². The largest absolute Gasteiger partial charge is 0.323 e. The van der Waals surface area contributed by atoms with Gasteiger partial charge in [-0.15, -0.1) is 11.6 Å². The van der Waals surface area contributed by atoms with Crippen molar-refractivity contribution in [3.8, 4) is 0 Å². The zero-order valence-corrected chi connectivity index (χ0v) is 11.3. The van der Waals surface area contributed by atoms with Gasteiger partial charge in [0, 0.05) is 5.02 Å². The number of alkyl halides is 1. The van der Waals surface area contributed by atoms with E-state index in [4.69, 9.17) is 23.2 Å². The van der Waals surface area contributed by atoms with E-state index in [2.05, 4.69) is 9.97 Å². The van der Waals surface area contributed by atoms with Crippen LogP contribution < -0.4 is 5.69 Å². The Balaban J connectivity index is 2.05. The Kier molecular flexibility index (Phi) is 3.09. The minimum Gasteiger partial charge on any atom is -0.306 e. The molecule has 1 heterocycles. The van der Waals surface area contributed by atoms with Gasteiger partial charge in [-0.1, -0.05) is 29.8 Å². The second kappa shape index (κ2) is 4.76. The molecule has 0 aliphatic carbocycles. The lowest BCUT2D eigenvalue weighted by molar-refractivity contribution is 1.14. The van der Waals surface area contributed by atoms with Crippen LogP contribution in [-0.4, -0.2) is 9.97 Å². The fourth-order valence-corrected chi connectivity index (χ4v) is 2.53. The van der Waals surface area contributed by atoms with E-state index in [0.717, 1.165) is 22.2 Å². The first-order valence-electron chi connectivity index (χ1n) is 5.75. The highest BCUT2D eigenvalue weighted by Gasteiger charge is 2.12. The highest BCUT2D eigenvalue weighted by Crippen LogP contribution is 2.31. The number of nitrogens with one attached hydrogen (secondary N) is 2. The van der Waals surface area contributed by atoms with Crippen LogP contribution in [0, 0.1) is 0 Å². The zero-order valence-electron chi connectivity index (χ0n) is 9.78. The summed E-state index contributed by atoms with van der Waals surface area (Å²) in [6.07, 6.45) is 0. The molecule has 5 heteroatoms. The van der Waals surface area contributed by atoms with Gasteiger partial charge in [0.25, 0.3) is 0 Å². The quantitative estimate of drug-likeness (QED) is 0.693. The number of H-pyrrole nitrogens is 2. The Morgan fingerprint density at radius 3 is 2.47 bits per heavy atom. The molecule has 96 valence electrons. The predicted molar refractivity (Wildman–Crippen MR) is 78.1 cm³/mol. The molecule has 2 aromatic carbocycles. The summed E-state index contributed by atoms with van der Waals surface area (Å²) in [6.45, 7) is 0. The van der Waals surface area contributed by atoms with Crippen molar-refractivity contribution >= 4 is 34.2 Å². The minimum atomic E-state index is -0.304. The maximum atomic E-state index is 11.2. The molecule has 0 radical (unpaired) electrons. The van der Waals surface area contributed by atoms with Crippen LogP contribution in [0.1, 0.15) is 16.5 Å². The van der Waals surface area contributed by atoms with Crippen LogP contribution in [-0.2, 0) is 0 Å². The highest BCUT2D eigenvalue weighted by molar-refractivity contribution is 6.30. The third-order valence-corrected chi connectivity index (χ3v) is 3.71. The molecule has 0 saturated carbocycles. The number of fused-ring (bicyclic) bond motifs is 1. The molecule has 0 aliphatic heterocycles. The Morgan fingerprint density at radius 2 is 1.68 bits per heavy atom. The molecule has 1 unspecified atom stereocenters. The second-order valence-corrected chi connectivity index (χ2v) is 5.17. The van der Waals surface area contributed by atoms with E-state index in [1.165, 1.54) is 0 Å². The highest BCUT2D eigenvalue weighted by atomic mass is 35.5. The van der Waals surface area contributed by atoms with Gasteiger partial charge >= 0.3 is 5.69 Å². The number of benzene rings is 2. The molecule has 3 nitrogen and oxygen atoms in total. The third-order valence-electron chi connectivity index (χ3n) is 2.97. The zero-order chi connectivity index (χ0) is 13.4. The topological polar surface area (TPSA) is 48.6 Å². The van der Waals surface area contributed by atoms with Crippen LogP contribution in [0.3, 0.4) is 0 Å². The van der Waals surface area contributed by atoms with Crippen molar-refractivity contribution in [2.75, 3.05) is 0 Å². The van der Waals surface area contributed by atoms with Gasteiger partial charge in [-0.25, -0.2) is 4.79 Å². The molecule has 1 atom stereocenters. The number of halogens is 2. The van der Waals surface area contributed by atoms with E-state index < -0.39 is 0 Å². The van der Waals surface area contributed by atoms with E-state index in [1.54, 1.807) is 0 Å². The fourth-order valence-electron chi connectivity index (χ4n) is 2.06. The molecular formula is C14H10Cl2N2O. The molecule has 19 heavy (non-hydrogen) atoms. The molecule has 0 spiro atoms. The first-order valence-corrected chi connectivity index (χ1v) is 6.56. The molecule has 0 saturated heterocycles. The molecule has 0 fully saturated rings. The van der Waals surface area contributed by atoms with Crippen molar-refractivity contribution in [2.45, 2.75) is 5.38 Å². The van der Waals surface area contributed by atoms with Crippen LogP contribution >= 0.6 is 23.2 Å². The van der Waals surface area contributed by atoms with Gasteiger partial charge in [0.1, 0.15) is 0 Å². The number of aromatic amines is 2. The standard InChI is InChI=1S/C14H10Cl2N2O/c15-10-3-1-2-8(6-10)13(16)9-4-5-11-12(7-9)18-14(19)17-11/h1-7,13H,(H2,17,18,19). The number of rotatable bonds is 2. The molecular weight excluding hydrogens is 283 g/mol. The van der Waals surface area contributed by atoms with Gasteiger partial charge in [-0.2, -0.15) is 0 Å². The summed E-state index contributed by atoms with van der Waals surface area (Å²) >= 11 is 12.4. The van der Waals surface area contributed by atoms with E-state index in [9.17, 15) is 4.79 Å². The normalized spacial score (nSPS) is 12.7. The lowest BCUT2D eigenvalue weighted by Crippen LogP contribution is -1.99. The first-order chi connectivity index (χ1) is 9.13. The maximum Gasteiger partial charge on any atom is 0.323 e. The van der Waals surface area contributed by atoms with Crippen molar-refractivity contribution in [3.63, 3.8) is 0 Å². The van der Waals surface area contributed by atoms with Crippen molar-refractivity contribution in [1.29, 1.82) is 0 Å². The van der Waals surface area contributed by atoms with E-state index in [-0.39, 0.29) is 11.1 Å². The molecule has 2 N–H and O–H groups in total. The summed E-state index contributed by atoms with van der Waals surface area (Å²) in [6, 6.07) is 13.0. The Labute approximate surface area is 119 Å². The van der Waals surface area contributed by atoms with Crippen LogP contribution in [0.5, 0.6) is 0 Å². The smallest absolute Gasteiger partial charge is 0.306 e. The van der Waals surface area contributed by atoms with Crippen LogP contribution in [0.25, 0.3) is 11.0 Å². The van der Waals surface area contributed by atoms with Gasteiger partial charge in [0.15, 0.2) is 0 Å². The lowest BCUT2D eigenvalue weighted by Gasteiger charge is -2.10. The first kappa shape index (κ1) is 12.3. The SMILES string of the molecule is O=c1[nH]c2ccc(C(Cl)c3cccc(Cl)c3)cc2[nH]1.